The molecular formula is C20H23N5OS. The van der Waals surface area contributed by atoms with Gasteiger partial charge in [-0.2, -0.15) is 5.10 Å². The summed E-state index contributed by atoms with van der Waals surface area (Å²) in [6.45, 7) is 6.61. The van der Waals surface area contributed by atoms with Gasteiger partial charge in [0.25, 0.3) is 0 Å². The van der Waals surface area contributed by atoms with Gasteiger partial charge in [0.05, 0.1) is 6.21 Å². The van der Waals surface area contributed by atoms with E-state index < -0.39 is 0 Å². The van der Waals surface area contributed by atoms with Crippen molar-refractivity contribution in [1.82, 2.24) is 20.0 Å². The topological polar surface area (TPSA) is 58.6 Å². The summed E-state index contributed by atoms with van der Waals surface area (Å²) in [6.07, 6.45) is 1.81. The number of aromatic nitrogens is 2. The van der Waals surface area contributed by atoms with E-state index in [9.17, 15) is 0 Å². The lowest BCUT2D eigenvalue weighted by molar-refractivity contribution is 0.394. The fourth-order valence-corrected chi connectivity index (χ4v) is 2.94. The van der Waals surface area contributed by atoms with Gasteiger partial charge in [0.2, 0.25) is 0 Å². The highest BCUT2D eigenvalue weighted by Crippen LogP contribution is 2.19. The minimum absolute atomic E-state index is 0.566. The smallest absolute Gasteiger partial charge is 0.189 e. The molecule has 1 N–H and O–H groups in total. The predicted molar refractivity (Wildman–Crippen MR) is 111 cm³/mol. The van der Waals surface area contributed by atoms with Crippen LogP contribution in [-0.2, 0) is 6.54 Å². The van der Waals surface area contributed by atoms with Gasteiger partial charge >= 0.3 is 0 Å². The number of aryl methyl sites for hydroxylation is 2. The van der Waals surface area contributed by atoms with Gasteiger partial charge in [-0.25, -0.2) is 5.01 Å². The first kappa shape index (κ1) is 18.8. The van der Waals surface area contributed by atoms with E-state index in [0.29, 0.717) is 11.7 Å². The first-order valence-electron chi connectivity index (χ1n) is 8.68. The van der Waals surface area contributed by atoms with E-state index in [4.69, 9.17) is 16.7 Å². The third-order valence-electron chi connectivity index (χ3n) is 4.27. The molecule has 0 saturated carbocycles. The summed E-state index contributed by atoms with van der Waals surface area (Å²) in [5.41, 5.74) is 4.28. The molecule has 2 aromatic heterocycles. The van der Waals surface area contributed by atoms with E-state index in [-0.39, 0.29) is 0 Å². The molecule has 3 aromatic rings. The second-order valence-electron chi connectivity index (χ2n) is 6.37. The Bertz CT molecular complexity index is 958. The average molecular weight is 382 g/mol. The van der Waals surface area contributed by atoms with Crippen molar-refractivity contribution < 1.29 is 4.52 Å². The molecule has 3 rings (SSSR count). The zero-order valence-electron chi connectivity index (χ0n) is 15.9. The standard InChI is InChI=1S/C20H23N5OS/c1-14-10-18(16(3)25(14)19-11-15(2)26-23-19)13-22-24(4)20(27)21-12-17-8-6-5-7-9-17/h5-11,13H,12H2,1-4H3,(H,21,27)/b22-13-. The van der Waals surface area contributed by atoms with Crippen LogP contribution in [0.2, 0.25) is 0 Å². The lowest BCUT2D eigenvalue weighted by Gasteiger charge is -2.15. The summed E-state index contributed by atoms with van der Waals surface area (Å²) in [5, 5.41) is 14.0. The number of hydrogen-bond donors (Lipinski definition) is 1. The minimum atomic E-state index is 0.566. The summed E-state index contributed by atoms with van der Waals surface area (Å²) in [5.74, 6) is 1.55. The van der Waals surface area contributed by atoms with E-state index in [1.54, 1.807) is 5.01 Å². The molecule has 0 aliphatic heterocycles. The van der Waals surface area contributed by atoms with Crippen molar-refractivity contribution in [1.29, 1.82) is 0 Å². The molecule has 0 aliphatic rings. The molecule has 2 heterocycles. The Hall–Kier alpha value is -2.93. The number of benzene rings is 1. The SMILES string of the molecule is Cc1cc(-n2c(C)cc(/C=N\N(C)C(=S)NCc3ccccc3)c2C)no1. The summed E-state index contributed by atoms with van der Waals surface area (Å²) in [7, 11) is 1.83. The fraction of sp³-hybridized carbons (Fsp3) is 0.250. The monoisotopic (exact) mass is 381 g/mol. The Labute approximate surface area is 164 Å². The maximum atomic E-state index is 5.41. The summed E-state index contributed by atoms with van der Waals surface area (Å²) in [6, 6.07) is 14.1. The van der Waals surface area contributed by atoms with Crippen LogP contribution in [0.3, 0.4) is 0 Å². The highest BCUT2D eigenvalue weighted by atomic mass is 32.1. The van der Waals surface area contributed by atoms with Crippen LogP contribution in [0.4, 0.5) is 0 Å². The molecule has 0 aliphatic carbocycles. The van der Waals surface area contributed by atoms with Gasteiger partial charge in [0, 0.05) is 36.6 Å². The van der Waals surface area contributed by atoms with Crippen molar-refractivity contribution in [2.45, 2.75) is 27.3 Å². The maximum Gasteiger partial charge on any atom is 0.189 e. The van der Waals surface area contributed by atoms with Gasteiger partial charge in [-0.3, -0.25) is 4.57 Å². The lowest BCUT2D eigenvalue weighted by atomic mass is 10.2. The number of nitrogens with one attached hydrogen (secondary N) is 1. The largest absolute Gasteiger partial charge is 0.360 e. The van der Waals surface area contributed by atoms with Gasteiger partial charge in [0.1, 0.15) is 5.76 Å². The van der Waals surface area contributed by atoms with E-state index >= 15 is 0 Å². The first-order chi connectivity index (χ1) is 13.0. The molecule has 27 heavy (non-hydrogen) atoms. The molecule has 140 valence electrons. The molecule has 1 aromatic carbocycles. The fourth-order valence-electron chi connectivity index (χ4n) is 2.82. The lowest BCUT2D eigenvalue weighted by Crippen LogP contribution is -2.33. The molecule has 0 spiro atoms. The normalized spacial score (nSPS) is 11.1. The number of hydrogen-bond acceptors (Lipinski definition) is 4. The Kier molecular flexibility index (Phi) is 5.71. The highest BCUT2D eigenvalue weighted by molar-refractivity contribution is 7.80. The van der Waals surface area contributed by atoms with Gasteiger partial charge in [-0.05, 0) is 44.6 Å². The van der Waals surface area contributed by atoms with Crippen molar-refractivity contribution in [2.75, 3.05) is 7.05 Å². The van der Waals surface area contributed by atoms with Crippen molar-refractivity contribution in [3.05, 3.63) is 70.7 Å². The van der Waals surface area contributed by atoms with Crippen LogP contribution in [-0.4, -0.2) is 33.1 Å². The third-order valence-corrected chi connectivity index (χ3v) is 4.67. The van der Waals surface area contributed by atoms with E-state index in [1.165, 1.54) is 5.56 Å². The van der Waals surface area contributed by atoms with E-state index in [2.05, 4.69) is 33.8 Å². The zero-order valence-corrected chi connectivity index (χ0v) is 16.7. The highest BCUT2D eigenvalue weighted by Gasteiger charge is 2.12. The second kappa shape index (κ2) is 8.18. The molecular weight excluding hydrogens is 358 g/mol. The van der Waals surface area contributed by atoms with Gasteiger partial charge in [-0.1, -0.05) is 35.5 Å². The van der Waals surface area contributed by atoms with Crippen molar-refractivity contribution in [3.8, 4) is 5.82 Å². The van der Waals surface area contributed by atoms with Crippen LogP contribution in [0.5, 0.6) is 0 Å². The summed E-state index contributed by atoms with van der Waals surface area (Å²) >= 11 is 5.41. The number of hydrazone groups is 1. The minimum Gasteiger partial charge on any atom is -0.360 e. The molecule has 6 nitrogen and oxygen atoms in total. The number of thiocarbonyl (C=S) groups is 1. The molecule has 0 bridgehead atoms. The molecule has 0 amide bonds. The van der Waals surface area contributed by atoms with Crippen LogP contribution >= 0.6 is 12.2 Å². The van der Waals surface area contributed by atoms with E-state index in [1.807, 2.05) is 62.9 Å². The molecule has 0 unspecified atom stereocenters. The van der Waals surface area contributed by atoms with Crippen LogP contribution in [0.15, 0.2) is 52.1 Å². The summed E-state index contributed by atoms with van der Waals surface area (Å²) < 4.78 is 7.24. The van der Waals surface area contributed by atoms with Crippen LogP contribution in [0, 0.1) is 20.8 Å². The molecule has 0 fully saturated rings. The first-order valence-corrected chi connectivity index (χ1v) is 9.08. The van der Waals surface area contributed by atoms with Crippen molar-refractivity contribution in [2.24, 2.45) is 5.10 Å². The quantitative estimate of drug-likeness (QED) is 0.415. The summed E-state index contributed by atoms with van der Waals surface area (Å²) in [4.78, 5) is 0. The number of rotatable bonds is 5. The Morgan fingerprint density at radius 3 is 2.67 bits per heavy atom. The molecule has 0 saturated heterocycles. The molecule has 0 atom stereocenters. The molecule has 7 heteroatoms. The van der Waals surface area contributed by atoms with E-state index in [0.717, 1.165) is 28.5 Å². The van der Waals surface area contributed by atoms with Crippen LogP contribution in [0.1, 0.15) is 28.3 Å². The van der Waals surface area contributed by atoms with Gasteiger partial charge in [-0.15, -0.1) is 0 Å². The average Bonchev–Trinajstić information content (AvgIpc) is 3.20. The molecule has 0 radical (unpaired) electrons. The van der Waals surface area contributed by atoms with Crippen LogP contribution in [0.25, 0.3) is 5.82 Å². The second-order valence-corrected chi connectivity index (χ2v) is 6.76. The Morgan fingerprint density at radius 2 is 2.00 bits per heavy atom. The maximum absolute atomic E-state index is 5.41. The third kappa shape index (κ3) is 4.43. The Balaban J connectivity index is 1.67. The Morgan fingerprint density at radius 1 is 1.26 bits per heavy atom. The zero-order chi connectivity index (χ0) is 19.4. The van der Waals surface area contributed by atoms with Gasteiger partial charge in [0.15, 0.2) is 10.9 Å². The van der Waals surface area contributed by atoms with Crippen molar-refractivity contribution >= 4 is 23.5 Å². The predicted octanol–water partition coefficient (Wildman–Crippen LogP) is 3.73. The van der Waals surface area contributed by atoms with Gasteiger partial charge < -0.3 is 9.84 Å². The van der Waals surface area contributed by atoms with Crippen LogP contribution < -0.4 is 5.32 Å². The number of nitrogens with zero attached hydrogens (tertiary/aromatic N) is 4. The van der Waals surface area contributed by atoms with Crippen molar-refractivity contribution in [3.63, 3.8) is 0 Å².